The van der Waals surface area contributed by atoms with Crippen LogP contribution < -0.4 is 0 Å². The monoisotopic (exact) mass is 483 g/mol. The number of benzene rings is 3. The van der Waals surface area contributed by atoms with E-state index < -0.39 is 0 Å². The average Bonchev–Trinajstić information content (AvgIpc) is 3.66. The fourth-order valence-electron chi connectivity index (χ4n) is 3.75. The minimum absolute atomic E-state index is 1.01. The van der Waals surface area contributed by atoms with Gasteiger partial charge < -0.3 is 0 Å². The van der Waals surface area contributed by atoms with Gasteiger partial charge in [0, 0.05) is 37.4 Å². The Morgan fingerprint density at radius 2 is 1.11 bits per heavy atom. The first kappa shape index (κ1) is 30.7. The van der Waals surface area contributed by atoms with Gasteiger partial charge in [-0.05, 0) is 61.2 Å². The van der Waals surface area contributed by atoms with E-state index in [1.165, 1.54) is 33.5 Å². The lowest BCUT2D eigenvalue weighted by atomic mass is 10.1. The Balaban J connectivity index is 0.000000244. The van der Waals surface area contributed by atoms with Crippen molar-refractivity contribution < 1.29 is 0 Å². The lowest BCUT2D eigenvalue weighted by Crippen LogP contribution is -1.87. The van der Waals surface area contributed by atoms with Crippen molar-refractivity contribution in [2.45, 2.75) is 81.6 Å². The van der Waals surface area contributed by atoms with Gasteiger partial charge in [-0.3, -0.25) is 15.0 Å². The van der Waals surface area contributed by atoms with Gasteiger partial charge in [-0.25, -0.2) is 0 Å². The summed E-state index contributed by atoms with van der Waals surface area (Å²) in [6.07, 6.45) is 6.98. The summed E-state index contributed by atoms with van der Waals surface area (Å²) in [5.74, 6) is 0. The number of para-hydroxylation sites is 1. The molecule has 3 aliphatic heterocycles. The largest absolute Gasteiger partial charge is 0.261 e. The van der Waals surface area contributed by atoms with Gasteiger partial charge in [0.1, 0.15) is 0 Å². The Kier molecular flexibility index (Phi) is 14.6. The molecule has 3 aromatic carbocycles. The van der Waals surface area contributed by atoms with E-state index in [1.54, 1.807) is 0 Å². The molecule has 0 bridgehead atoms. The van der Waals surface area contributed by atoms with E-state index in [0.717, 1.165) is 36.3 Å². The summed E-state index contributed by atoms with van der Waals surface area (Å²) < 4.78 is 0. The summed E-state index contributed by atoms with van der Waals surface area (Å²) in [5.41, 5.74) is 11.4. The van der Waals surface area contributed by atoms with Crippen molar-refractivity contribution in [3.63, 3.8) is 0 Å². The maximum absolute atomic E-state index is 4.37. The molecule has 0 spiro atoms. The minimum atomic E-state index is 1.01. The molecule has 0 fully saturated rings. The lowest BCUT2D eigenvalue weighted by Gasteiger charge is -1.96. The van der Waals surface area contributed by atoms with Crippen LogP contribution in [0.15, 0.2) is 75.6 Å². The highest BCUT2D eigenvalue weighted by Crippen LogP contribution is 2.26. The van der Waals surface area contributed by atoms with E-state index in [9.17, 15) is 0 Å². The van der Waals surface area contributed by atoms with E-state index in [-0.39, 0.29) is 0 Å². The van der Waals surface area contributed by atoms with Crippen LogP contribution in [0, 0.1) is 13.8 Å². The summed E-state index contributed by atoms with van der Waals surface area (Å²) in [6, 6.07) is 21.1. The van der Waals surface area contributed by atoms with Crippen LogP contribution in [0.3, 0.4) is 0 Å². The van der Waals surface area contributed by atoms with Gasteiger partial charge in [-0.2, -0.15) is 0 Å². The third-order valence-corrected chi connectivity index (χ3v) is 5.31. The van der Waals surface area contributed by atoms with Crippen molar-refractivity contribution >= 4 is 35.2 Å². The molecule has 3 nitrogen and oxygen atoms in total. The molecule has 3 heteroatoms. The Hall–Kier alpha value is -3.33. The fraction of sp³-hybridized carbons (Fsp3) is 0.364. The maximum Gasteiger partial charge on any atom is 0.0664 e. The molecule has 0 saturated heterocycles. The van der Waals surface area contributed by atoms with Crippen LogP contribution in [0.25, 0.3) is 0 Å². The molecule has 0 atom stereocenters. The minimum Gasteiger partial charge on any atom is -0.261 e. The smallest absolute Gasteiger partial charge is 0.0664 e. The Labute approximate surface area is 220 Å². The van der Waals surface area contributed by atoms with Gasteiger partial charge >= 0.3 is 0 Å². The van der Waals surface area contributed by atoms with E-state index in [4.69, 9.17) is 0 Å². The lowest BCUT2D eigenvalue weighted by molar-refractivity contribution is 1.35. The Morgan fingerprint density at radius 1 is 0.528 bits per heavy atom. The molecular formula is C33H45N3. The normalized spacial score (nSPS) is 12.2. The van der Waals surface area contributed by atoms with Crippen LogP contribution in [0.5, 0.6) is 0 Å². The number of hydrogen-bond donors (Lipinski definition) is 0. The second-order valence-corrected chi connectivity index (χ2v) is 7.95. The zero-order valence-electron chi connectivity index (χ0n) is 23.9. The summed E-state index contributed by atoms with van der Waals surface area (Å²) in [4.78, 5) is 12.8. The SMILES string of the molecule is CC.CC.CC.CC1=Nc2ccccc2C1.Cc1ccc2c(c1)CC=N2.Cc1ccc2c(c1)N=CC2. The van der Waals surface area contributed by atoms with E-state index >= 15 is 0 Å². The van der Waals surface area contributed by atoms with E-state index in [0.29, 0.717) is 0 Å². The molecule has 0 amide bonds. The van der Waals surface area contributed by atoms with Crippen molar-refractivity contribution in [1.29, 1.82) is 0 Å². The number of aryl methyl sites for hydroxylation is 2. The number of aliphatic imine (C=N–C) groups is 3. The number of nitrogens with zero attached hydrogens (tertiary/aromatic N) is 3. The van der Waals surface area contributed by atoms with E-state index in [2.05, 4.69) is 90.3 Å². The second-order valence-electron chi connectivity index (χ2n) is 7.95. The Bertz CT molecular complexity index is 1150. The van der Waals surface area contributed by atoms with Gasteiger partial charge in [0.05, 0.1) is 17.1 Å². The Morgan fingerprint density at radius 3 is 1.81 bits per heavy atom. The highest BCUT2D eigenvalue weighted by Gasteiger charge is 2.08. The van der Waals surface area contributed by atoms with Gasteiger partial charge in [-0.1, -0.05) is 89.6 Å². The molecule has 0 saturated carbocycles. The molecule has 36 heavy (non-hydrogen) atoms. The van der Waals surface area contributed by atoms with Crippen LogP contribution in [-0.2, 0) is 19.3 Å². The highest BCUT2D eigenvalue weighted by molar-refractivity contribution is 5.91. The molecule has 0 radical (unpaired) electrons. The molecule has 6 rings (SSSR count). The number of hydrogen-bond acceptors (Lipinski definition) is 3. The molecule has 192 valence electrons. The van der Waals surface area contributed by atoms with Crippen molar-refractivity contribution in [1.82, 2.24) is 0 Å². The summed E-state index contributed by atoms with van der Waals surface area (Å²) in [7, 11) is 0. The summed E-state index contributed by atoms with van der Waals surface area (Å²) >= 11 is 0. The first-order valence-electron chi connectivity index (χ1n) is 13.4. The van der Waals surface area contributed by atoms with Gasteiger partial charge in [0.15, 0.2) is 0 Å². The standard InChI is InChI=1S/3C9H9N.3C2H6/c1-7-2-3-9-8(6-7)4-5-10-9;1-7-2-3-8-4-5-10-9(8)6-7;1-7-6-8-4-2-3-5-9(8)10-7;3*1-2/h2*2-3,5-6H,4H2,1H3;2-5H,6H2,1H3;3*1-2H3. The summed E-state index contributed by atoms with van der Waals surface area (Å²) in [5, 5.41) is 0. The highest BCUT2D eigenvalue weighted by atomic mass is 14.8. The molecule has 0 N–H and O–H groups in total. The predicted octanol–water partition coefficient (Wildman–Crippen LogP) is 9.92. The number of fused-ring (bicyclic) bond motifs is 3. The first-order valence-corrected chi connectivity index (χ1v) is 13.4. The fourth-order valence-corrected chi connectivity index (χ4v) is 3.75. The van der Waals surface area contributed by atoms with Crippen molar-refractivity contribution in [3.8, 4) is 0 Å². The van der Waals surface area contributed by atoms with Gasteiger partial charge in [0.2, 0.25) is 0 Å². The van der Waals surface area contributed by atoms with Gasteiger partial charge in [-0.15, -0.1) is 0 Å². The van der Waals surface area contributed by atoms with Crippen molar-refractivity contribution in [2.75, 3.05) is 0 Å². The summed E-state index contributed by atoms with van der Waals surface area (Å²) in [6.45, 7) is 18.3. The van der Waals surface area contributed by atoms with Crippen molar-refractivity contribution in [2.24, 2.45) is 15.0 Å². The molecular weight excluding hydrogens is 438 g/mol. The van der Waals surface area contributed by atoms with Crippen LogP contribution >= 0.6 is 0 Å². The van der Waals surface area contributed by atoms with Gasteiger partial charge in [0.25, 0.3) is 0 Å². The maximum atomic E-state index is 4.37. The second kappa shape index (κ2) is 17.2. The number of rotatable bonds is 0. The molecule has 3 heterocycles. The molecule has 3 aromatic rings. The van der Waals surface area contributed by atoms with Crippen molar-refractivity contribution in [3.05, 3.63) is 88.5 Å². The molecule has 0 aromatic heterocycles. The third-order valence-electron chi connectivity index (χ3n) is 5.31. The quantitative estimate of drug-likeness (QED) is 0.305. The zero-order valence-corrected chi connectivity index (χ0v) is 23.9. The molecule has 0 aliphatic carbocycles. The zero-order chi connectivity index (χ0) is 26.9. The predicted molar refractivity (Wildman–Crippen MR) is 163 cm³/mol. The van der Waals surface area contributed by atoms with E-state index in [1.807, 2.05) is 60.0 Å². The van der Waals surface area contributed by atoms with Crippen LogP contribution in [-0.4, -0.2) is 18.1 Å². The first-order chi connectivity index (χ1) is 17.6. The topological polar surface area (TPSA) is 37.1 Å². The average molecular weight is 484 g/mol. The van der Waals surface area contributed by atoms with Crippen LogP contribution in [0.4, 0.5) is 17.1 Å². The van der Waals surface area contributed by atoms with Crippen LogP contribution in [0.1, 0.15) is 76.3 Å². The third kappa shape index (κ3) is 9.37. The van der Waals surface area contributed by atoms with Crippen LogP contribution in [0.2, 0.25) is 0 Å². The molecule has 0 unspecified atom stereocenters. The molecule has 3 aliphatic rings.